The molecule has 3 aromatic carbocycles. The molecule has 0 radical (unpaired) electrons. The van der Waals surface area contributed by atoms with Gasteiger partial charge in [-0.15, -0.1) is 0 Å². The van der Waals surface area contributed by atoms with Crippen LogP contribution < -0.4 is 10.0 Å². The Morgan fingerprint density at radius 1 is 0.931 bits per heavy atom. The normalized spacial score (nSPS) is 12.2. The molecule has 5 nitrogen and oxygen atoms in total. The van der Waals surface area contributed by atoms with Crippen LogP contribution >= 0.6 is 0 Å². The van der Waals surface area contributed by atoms with E-state index in [-0.39, 0.29) is 22.5 Å². The van der Waals surface area contributed by atoms with Crippen LogP contribution in [0.1, 0.15) is 12.5 Å². The fourth-order valence-electron chi connectivity index (χ4n) is 2.85. The number of sulfonamides is 1. The highest BCUT2D eigenvalue weighted by atomic mass is 32.2. The zero-order chi connectivity index (χ0) is 20.9. The second kappa shape index (κ2) is 8.87. The van der Waals surface area contributed by atoms with Crippen molar-refractivity contribution in [2.24, 2.45) is 5.92 Å². The van der Waals surface area contributed by atoms with Crippen LogP contribution in [0.2, 0.25) is 0 Å². The first-order valence-corrected chi connectivity index (χ1v) is 10.5. The molecule has 0 spiro atoms. The number of hydrogen-bond acceptors (Lipinski definition) is 3. The molecule has 0 aliphatic rings. The van der Waals surface area contributed by atoms with E-state index in [0.717, 1.165) is 5.56 Å². The summed E-state index contributed by atoms with van der Waals surface area (Å²) in [5.41, 5.74) is 1.54. The van der Waals surface area contributed by atoms with Crippen molar-refractivity contribution in [3.05, 3.63) is 90.2 Å². The van der Waals surface area contributed by atoms with Crippen molar-refractivity contribution in [3.8, 4) is 0 Å². The van der Waals surface area contributed by atoms with Gasteiger partial charge >= 0.3 is 0 Å². The highest BCUT2D eigenvalue weighted by Crippen LogP contribution is 2.20. The molecule has 2 N–H and O–H groups in total. The van der Waals surface area contributed by atoms with Crippen LogP contribution in [0.25, 0.3) is 0 Å². The number of anilines is 2. The molecule has 0 aliphatic carbocycles. The molecule has 0 bridgehead atoms. The largest absolute Gasteiger partial charge is 0.326 e. The Morgan fingerprint density at radius 3 is 2.34 bits per heavy atom. The Kier molecular flexibility index (Phi) is 6.29. The zero-order valence-corrected chi connectivity index (χ0v) is 16.6. The highest BCUT2D eigenvalue weighted by Gasteiger charge is 2.16. The number of nitrogens with one attached hydrogen (secondary N) is 2. The maximum absolute atomic E-state index is 13.3. The van der Waals surface area contributed by atoms with Gasteiger partial charge < -0.3 is 5.32 Å². The molecular weight excluding hydrogens is 391 g/mol. The lowest BCUT2D eigenvalue weighted by Gasteiger charge is -2.14. The maximum Gasteiger partial charge on any atom is 0.261 e. The van der Waals surface area contributed by atoms with Crippen molar-refractivity contribution in [1.29, 1.82) is 0 Å². The van der Waals surface area contributed by atoms with Gasteiger partial charge in [-0.2, -0.15) is 0 Å². The average molecular weight is 412 g/mol. The third-order valence-corrected chi connectivity index (χ3v) is 5.71. The van der Waals surface area contributed by atoms with Crippen LogP contribution in [-0.2, 0) is 21.2 Å². The third kappa shape index (κ3) is 5.65. The molecule has 0 aliphatic heterocycles. The van der Waals surface area contributed by atoms with Crippen molar-refractivity contribution >= 4 is 27.3 Å². The van der Waals surface area contributed by atoms with Gasteiger partial charge in [-0.3, -0.25) is 9.52 Å². The fraction of sp³-hybridized carbons (Fsp3) is 0.136. The molecule has 0 fully saturated rings. The summed E-state index contributed by atoms with van der Waals surface area (Å²) in [4.78, 5) is 12.6. The number of carbonyl (C=O) groups is 1. The minimum atomic E-state index is -3.72. The molecule has 3 rings (SSSR count). The second-order valence-electron chi connectivity index (χ2n) is 6.72. The Bertz CT molecular complexity index is 1100. The van der Waals surface area contributed by atoms with Gasteiger partial charge in [-0.1, -0.05) is 43.3 Å². The van der Waals surface area contributed by atoms with Crippen LogP contribution in [0.15, 0.2) is 83.8 Å². The van der Waals surface area contributed by atoms with Crippen LogP contribution in [0, 0.1) is 11.7 Å². The molecule has 0 heterocycles. The van der Waals surface area contributed by atoms with E-state index in [2.05, 4.69) is 10.0 Å². The number of benzene rings is 3. The number of halogens is 1. The van der Waals surface area contributed by atoms with Crippen LogP contribution in [-0.4, -0.2) is 14.3 Å². The second-order valence-corrected chi connectivity index (χ2v) is 8.41. The first-order chi connectivity index (χ1) is 13.8. The molecule has 0 aromatic heterocycles. The first-order valence-electron chi connectivity index (χ1n) is 9.07. The summed E-state index contributed by atoms with van der Waals surface area (Å²) < 4.78 is 40.7. The van der Waals surface area contributed by atoms with Gasteiger partial charge in [0.05, 0.1) is 10.6 Å². The van der Waals surface area contributed by atoms with Crippen LogP contribution in [0.5, 0.6) is 0 Å². The summed E-state index contributed by atoms with van der Waals surface area (Å²) in [6.07, 6.45) is 0.393. The summed E-state index contributed by atoms with van der Waals surface area (Å²) in [6.45, 7) is 1.75. The monoisotopic (exact) mass is 412 g/mol. The van der Waals surface area contributed by atoms with Gasteiger partial charge in [0.1, 0.15) is 5.82 Å². The van der Waals surface area contributed by atoms with Gasteiger partial charge in [0.15, 0.2) is 0 Å². The molecule has 1 unspecified atom stereocenters. The van der Waals surface area contributed by atoms with Crippen molar-refractivity contribution in [1.82, 2.24) is 0 Å². The predicted octanol–water partition coefficient (Wildman–Crippen LogP) is 4.44. The number of hydrogen-bond donors (Lipinski definition) is 2. The Morgan fingerprint density at radius 2 is 1.62 bits per heavy atom. The Hall–Kier alpha value is -3.19. The first kappa shape index (κ1) is 20.5. The van der Waals surface area contributed by atoms with Crippen molar-refractivity contribution in [2.45, 2.75) is 18.2 Å². The zero-order valence-electron chi connectivity index (χ0n) is 15.8. The van der Waals surface area contributed by atoms with Crippen molar-refractivity contribution in [3.63, 3.8) is 0 Å². The molecule has 0 saturated carbocycles. The van der Waals surface area contributed by atoms with E-state index in [1.165, 1.54) is 24.3 Å². The van der Waals surface area contributed by atoms with Gasteiger partial charge in [-0.25, -0.2) is 12.8 Å². The summed E-state index contributed by atoms with van der Waals surface area (Å²) in [7, 11) is -3.72. The Labute approximate surface area is 169 Å². The topological polar surface area (TPSA) is 75.3 Å². The van der Waals surface area contributed by atoms with Crippen LogP contribution in [0.3, 0.4) is 0 Å². The number of carbonyl (C=O) groups excluding carboxylic acids is 1. The molecular formula is C22H21FN2O3S. The molecule has 3 aromatic rings. The van der Waals surface area contributed by atoms with E-state index in [1.54, 1.807) is 61.5 Å². The van der Waals surface area contributed by atoms with E-state index in [0.29, 0.717) is 17.8 Å². The fourth-order valence-corrected chi connectivity index (χ4v) is 3.92. The van der Waals surface area contributed by atoms with E-state index in [4.69, 9.17) is 0 Å². The quantitative estimate of drug-likeness (QED) is 0.602. The minimum absolute atomic E-state index is 0.151. The SMILES string of the molecule is CC(Cc1cccc(F)c1)C(=O)Nc1cccc(NS(=O)(=O)c2ccccc2)c1. The summed E-state index contributed by atoms with van der Waals surface area (Å²) in [6, 6.07) is 20.6. The average Bonchev–Trinajstić information content (AvgIpc) is 2.68. The predicted molar refractivity (Wildman–Crippen MR) is 112 cm³/mol. The Balaban J connectivity index is 1.67. The number of amides is 1. The van der Waals surface area contributed by atoms with E-state index < -0.39 is 10.0 Å². The lowest BCUT2D eigenvalue weighted by atomic mass is 10.0. The summed E-state index contributed by atoms with van der Waals surface area (Å²) in [5.74, 6) is -0.965. The molecule has 7 heteroatoms. The third-order valence-electron chi connectivity index (χ3n) is 4.31. The minimum Gasteiger partial charge on any atom is -0.326 e. The number of rotatable bonds is 7. The lowest BCUT2D eigenvalue weighted by Crippen LogP contribution is -2.22. The van der Waals surface area contributed by atoms with Crippen molar-refractivity contribution in [2.75, 3.05) is 10.0 Å². The van der Waals surface area contributed by atoms with Gasteiger partial charge in [-0.05, 0) is 54.4 Å². The smallest absolute Gasteiger partial charge is 0.261 e. The standard InChI is InChI=1S/C22H21FN2O3S/c1-16(13-17-7-5-8-18(23)14-17)22(26)24-19-9-6-10-20(15-19)25-29(27,28)21-11-3-2-4-12-21/h2-12,14-16,25H,13H2,1H3,(H,24,26). The molecule has 1 atom stereocenters. The summed E-state index contributed by atoms with van der Waals surface area (Å²) in [5, 5.41) is 2.77. The lowest BCUT2D eigenvalue weighted by molar-refractivity contribution is -0.119. The molecule has 0 saturated heterocycles. The van der Waals surface area contributed by atoms with E-state index >= 15 is 0 Å². The molecule has 1 amide bonds. The molecule has 150 valence electrons. The maximum atomic E-state index is 13.3. The van der Waals surface area contributed by atoms with Gasteiger partial charge in [0.25, 0.3) is 10.0 Å². The molecule has 29 heavy (non-hydrogen) atoms. The van der Waals surface area contributed by atoms with Gasteiger partial charge in [0, 0.05) is 11.6 Å². The van der Waals surface area contributed by atoms with Crippen molar-refractivity contribution < 1.29 is 17.6 Å². The van der Waals surface area contributed by atoms with E-state index in [1.807, 2.05) is 0 Å². The van der Waals surface area contributed by atoms with Gasteiger partial charge in [0.2, 0.25) is 5.91 Å². The highest BCUT2D eigenvalue weighted by molar-refractivity contribution is 7.92. The summed E-state index contributed by atoms with van der Waals surface area (Å²) >= 11 is 0. The van der Waals surface area contributed by atoms with Crippen LogP contribution in [0.4, 0.5) is 15.8 Å². The van der Waals surface area contributed by atoms with E-state index in [9.17, 15) is 17.6 Å².